The molecule has 0 heterocycles. The third-order valence-corrected chi connectivity index (χ3v) is 3.81. The summed E-state index contributed by atoms with van der Waals surface area (Å²) in [5.74, 6) is -0.186. The zero-order chi connectivity index (χ0) is 16.1. The molecule has 112 valence electrons. The van der Waals surface area contributed by atoms with Gasteiger partial charge in [0.15, 0.2) is 0 Å². The molecule has 0 aliphatic heterocycles. The quantitative estimate of drug-likeness (QED) is 0.472. The standard InChI is InChI=1S/C17H14INO3/c1-3-12-10-13(22-11(2)20)8-9-16(12)19-17(21)14-6-4-5-7-15(14)18/h3-10H,1H2,2H3,(H,19,21). The Labute approximate surface area is 142 Å². The van der Waals surface area contributed by atoms with E-state index in [1.165, 1.54) is 6.92 Å². The highest BCUT2D eigenvalue weighted by molar-refractivity contribution is 14.1. The number of amides is 1. The van der Waals surface area contributed by atoms with Gasteiger partial charge in [-0.1, -0.05) is 24.8 Å². The Morgan fingerprint density at radius 2 is 1.95 bits per heavy atom. The number of anilines is 1. The molecule has 5 heteroatoms. The zero-order valence-electron chi connectivity index (χ0n) is 11.9. The van der Waals surface area contributed by atoms with Crippen molar-refractivity contribution in [2.45, 2.75) is 6.92 Å². The average molecular weight is 407 g/mol. The van der Waals surface area contributed by atoms with Crippen LogP contribution in [0.4, 0.5) is 5.69 Å². The van der Waals surface area contributed by atoms with Crippen molar-refractivity contribution in [1.82, 2.24) is 0 Å². The number of esters is 1. The van der Waals surface area contributed by atoms with E-state index in [1.807, 2.05) is 18.2 Å². The van der Waals surface area contributed by atoms with E-state index in [9.17, 15) is 9.59 Å². The fourth-order valence-corrected chi connectivity index (χ4v) is 2.52. The summed E-state index contributed by atoms with van der Waals surface area (Å²) in [6.07, 6.45) is 1.60. The maximum absolute atomic E-state index is 12.3. The Morgan fingerprint density at radius 3 is 2.59 bits per heavy atom. The van der Waals surface area contributed by atoms with Gasteiger partial charge in [-0.2, -0.15) is 0 Å². The van der Waals surface area contributed by atoms with Crippen LogP contribution in [0.1, 0.15) is 22.8 Å². The summed E-state index contributed by atoms with van der Waals surface area (Å²) in [7, 11) is 0. The zero-order valence-corrected chi connectivity index (χ0v) is 14.1. The maximum atomic E-state index is 12.3. The molecule has 0 saturated carbocycles. The van der Waals surface area contributed by atoms with E-state index in [4.69, 9.17) is 4.74 Å². The first kappa shape index (κ1) is 16.2. The molecule has 0 fully saturated rings. The van der Waals surface area contributed by atoms with Crippen LogP contribution in [-0.4, -0.2) is 11.9 Å². The van der Waals surface area contributed by atoms with Gasteiger partial charge in [0.05, 0.1) is 5.56 Å². The number of halogens is 1. The molecule has 0 bridgehead atoms. The maximum Gasteiger partial charge on any atom is 0.308 e. The van der Waals surface area contributed by atoms with Crippen LogP contribution in [0.15, 0.2) is 49.0 Å². The Balaban J connectivity index is 2.26. The van der Waals surface area contributed by atoms with Crippen LogP contribution in [0, 0.1) is 3.57 Å². The van der Waals surface area contributed by atoms with E-state index in [2.05, 4.69) is 34.5 Å². The van der Waals surface area contributed by atoms with Crippen LogP contribution >= 0.6 is 22.6 Å². The smallest absolute Gasteiger partial charge is 0.308 e. The summed E-state index contributed by atoms with van der Waals surface area (Å²) < 4.78 is 5.89. The van der Waals surface area contributed by atoms with Crippen LogP contribution in [0.25, 0.3) is 6.08 Å². The number of carbonyl (C=O) groups is 2. The van der Waals surface area contributed by atoms with Crippen molar-refractivity contribution >= 4 is 46.2 Å². The van der Waals surface area contributed by atoms with Gasteiger partial charge in [-0.25, -0.2) is 0 Å². The molecule has 22 heavy (non-hydrogen) atoms. The molecule has 2 aromatic carbocycles. The minimum absolute atomic E-state index is 0.201. The first-order chi connectivity index (χ1) is 10.5. The molecule has 0 unspecified atom stereocenters. The summed E-state index contributed by atoms with van der Waals surface area (Å²) in [5, 5.41) is 2.84. The van der Waals surface area contributed by atoms with Crippen LogP contribution in [0.3, 0.4) is 0 Å². The highest BCUT2D eigenvalue weighted by atomic mass is 127. The van der Waals surface area contributed by atoms with Gasteiger partial charge in [0.1, 0.15) is 5.75 Å². The summed E-state index contributed by atoms with van der Waals surface area (Å²) in [4.78, 5) is 23.3. The summed E-state index contributed by atoms with van der Waals surface area (Å²) >= 11 is 2.12. The van der Waals surface area contributed by atoms with Crippen molar-refractivity contribution in [3.05, 3.63) is 63.7 Å². The fraction of sp³-hybridized carbons (Fsp3) is 0.0588. The van der Waals surface area contributed by atoms with Gasteiger partial charge in [-0.05, 0) is 52.9 Å². The average Bonchev–Trinajstić information content (AvgIpc) is 2.48. The van der Waals surface area contributed by atoms with Gasteiger partial charge in [0, 0.05) is 21.7 Å². The van der Waals surface area contributed by atoms with Crippen LogP contribution < -0.4 is 10.1 Å². The van der Waals surface area contributed by atoms with Gasteiger partial charge in [0.2, 0.25) is 0 Å². The highest BCUT2D eigenvalue weighted by Gasteiger charge is 2.12. The Hall–Kier alpha value is -2.15. The van der Waals surface area contributed by atoms with Crippen LogP contribution in [0.2, 0.25) is 0 Å². The first-order valence-corrected chi connectivity index (χ1v) is 7.60. The van der Waals surface area contributed by atoms with Gasteiger partial charge in [-0.15, -0.1) is 0 Å². The first-order valence-electron chi connectivity index (χ1n) is 6.52. The lowest BCUT2D eigenvalue weighted by molar-refractivity contribution is -0.131. The Morgan fingerprint density at radius 1 is 1.23 bits per heavy atom. The Bertz CT molecular complexity index is 740. The number of ether oxygens (including phenoxy) is 1. The number of benzene rings is 2. The Kier molecular flexibility index (Phi) is 5.32. The van der Waals surface area contributed by atoms with E-state index >= 15 is 0 Å². The van der Waals surface area contributed by atoms with Gasteiger partial charge in [0.25, 0.3) is 5.91 Å². The normalized spacial score (nSPS) is 9.91. The third kappa shape index (κ3) is 3.94. The topological polar surface area (TPSA) is 55.4 Å². The molecule has 2 rings (SSSR count). The summed E-state index contributed by atoms with van der Waals surface area (Å²) in [6.45, 7) is 5.05. The van der Waals surface area contributed by atoms with Crippen molar-refractivity contribution in [2.75, 3.05) is 5.32 Å². The van der Waals surface area contributed by atoms with E-state index < -0.39 is 5.97 Å². The van der Waals surface area contributed by atoms with Gasteiger partial charge in [-0.3, -0.25) is 9.59 Å². The largest absolute Gasteiger partial charge is 0.427 e. The lowest BCUT2D eigenvalue weighted by atomic mass is 10.1. The number of carbonyl (C=O) groups excluding carboxylic acids is 2. The molecule has 2 aromatic rings. The molecule has 1 amide bonds. The lowest BCUT2D eigenvalue weighted by Gasteiger charge is -2.11. The molecule has 0 atom stereocenters. The van der Waals surface area contributed by atoms with E-state index in [0.717, 1.165) is 3.57 Å². The predicted molar refractivity (Wildman–Crippen MR) is 95.0 cm³/mol. The van der Waals surface area contributed by atoms with Crippen molar-refractivity contribution in [3.8, 4) is 5.75 Å². The molecule has 1 N–H and O–H groups in total. The second-order valence-electron chi connectivity index (χ2n) is 4.48. The SMILES string of the molecule is C=Cc1cc(OC(C)=O)ccc1NC(=O)c1ccccc1I. The molecule has 0 aliphatic carbocycles. The van der Waals surface area contributed by atoms with Crippen molar-refractivity contribution in [3.63, 3.8) is 0 Å². The number of nitrogens with one attached hydrogen (secondary N) is 1. The summed E-state index contributed by atoms with van der Waals surface area (Å²) in [5.41, 5.74) is 1.88. The van der Waals surface area contributed by atoms with E-state index in [-0.39, 0.29) is 5.91 Å². The second kappa shape index (κ2) is 7.22. The molecule has 0 radical (unpaired) electrons. The molecule has 0 aliphatic rings. The molecular formula is C17H14INO3. The molecular weight excluding hydrogens is 393 g/mol. The van der Waals surface area contributed by atoms with Crippen molar-refractivity contribution in [2.24, 2.45) is 0 Å². The van der Waals surface area contributed by atoms with Crippen molar-refractivity contribution in [1.29, 1.82) is 0 Å². The predicted octanol–water partition coefficient (Wildman–Crippen LogP) is 4.11. The third-order valence-electron chi connectivity index (χ3n) is 2.87. The van der Waals surface area contributed by atoms with Crippen LogP contribution in [0.5, 0.6) is 5.75 Å². The number of rotatable bonds is 4. The molecule has 0 aromatic heterocycles. The number of hydrogen-bond donors (Lipinski definition) is 1. The monoisotopic (exact) mass is 407 g/mol. The second-order valence-corrected chi connectivity index (χ2v) is 5.64. The number of hydrogen-bond acceptors (Lipinski definition) is 3. The molecule has 0 saturated heterocycles. The van der Waals surface area contributed by atoms with E-state index in [0.29, 0.717) is 22.6 Å². The lowest BCUT2D eigenvalue weighted by Crippen LogP contribution is -2.14. The van der Waals surface area contributed by atoms with Crippen LogP contribution in [-0.2, 0) is 4.79 Å². The van der Waals surface area contributed by atoms with E-state index in [1.54, 1.807) is 30.3 Å². The van der Waals surface area contributed by atoms with Gasteiger partial charge >= 0.3 is 5.97 Å². The molecule has 0 spiro atoms. The minimum atomic E-state index is -0.398. The molecule has 4 nitrogen and oxygen atoms in total. The fourth-order valence-electron chi connectivity index (χ4n) is 1.89. The summed E-state index contributed by atoms with van der Waals surface area (Å²) in [6, 6.07) is 12.3. The minimum Gasteiger partial charge on any atom is -0.427 e. The van der Waals surface area contributed by atoms with Gasteiger partial charge < -0.3 is 10.1 Å². The van der Waals surface area contributed by atoms with Crippen molar-refractivity contribution < 1.29 is 14.3 Å². The highest BCUT2D eigenvalue weighted by Crippen LogP contribution is 2.24.